The molecule has 2 N–H and O–H groups in total. The lowest BCUT2D eigenvalue weighted by atomic mass is 10.1. The molecule has 5 nitrogen and oxygen atoms in total. The highest BCUT2D eigenvalue weighted by Gasteiger charge is 2.12. The van der Waals surface area contributed by atoms with Gasteiger partial charge in [0, 0.05) is 17.1 Å². The van der Waals surface area contributed by atoms with E-state index < -0.39 is 5.97 Å². The molecule has 148 valence electrons. The van der Waals surface area contributed by atoms with E-state index in [1.54, 1.807) is 12.1 Å². The van der Waals surface area contributed by atoms with E-state index in [2.05, 4.69) is 40.1 Å². The third kappa shape index (κ3) is 4.87. The van der Waals surface area contributed by atoms with E-state index in [-0.39, 0.29) is 6.61 Å². The van der Waals surface area contributed by atoms with Gasteiger partial charge >= 0.3 is 5.97 Å². The first-order chi connectivity index (χ1) is 13.5. The maximum Gasteiger partial charge on any atom is 0.341 e. The monoisotopic (exact) mass is 445 g/mol. The number of ether oxygens (including phenoxy) is 2. The zero-order valence-electron chi connectivity index (χ0n) is 16.0. The summed E-state index contributed by atoms with van der Waals surface area (Å²) in [5.41, 5.74) is 3.27. The molecule has 0 unspecified atom stereocenters. The Kier molecular flexibility index (Phi) is 6.62. The fraction of sp³-hybridized carbons (Fsp3) is 0.318. The quantitative estimate of drug-likeness (QED) is 0.383. The second kappa shape index (κ2) is 9.15. The summed E-state index contributed by atoms with van der Waals surface area (Å²) in [5, 5.41) is 9.94. The van der Waals surface area contributed by atoms with Crippen LogP contribution in [0.3, 0.4) is 0 Å². The number of nitrogens with one attached hydrogen (secondary N) is 1. The number of halogens is 1. The normalized spacial score (nSPS) is 11.0. The number of aliphatic carboxylic acids is 1. The van der Waals surface area contributed by atoms with Crippen LogP contribution in [0, 0.1) is 6.92 Å². The Morgan fingerprint density at radius 1 is 1.18 bits per heavy atom. The van der Waals surface area contributed by atoms with Crippen LogP contribution in [0.1, 0.15) is 37.3 Å². The summed E-state index contributed by atoms with van der Waals surface area (Å²) in [7, 11) is 0. The van der Waals surface area contributed by atoms with Gasteiger partial charge in [0.15, 0.2) is 6.61 Å². The Balaban J connectivity index is 1.81. The van der Waals surface area contributed by atoms with Gasteiger partial charge in [-0.2, -0.15) is 0 Å². The van der Waals surface area contributed by atoms with Crippen molar-refractivity contribution in [1.82, 2.24) is 4.98 Å². The Morgan fingerprint density at radius 2 is 2.00 bits per heavy atom. The molecule has 0 radical (unpaired) electrons. The zero-order valence-corrected chi connectivity index (χ0v) is 17.6. The van der Waals surface area contributed by atoms with Crippen molar-refractivity contribution in [2.75, 3.05) is 6.61 Å². The topological polar surface area (TPSA) is 71.5 Å². The average molecular weight is 446 g/mol. The summed E-state index contributed by atoms with van der Waals surface area (Å²) in [5.74, 6) is 0.916. The van der Waals surface area contributed by atoms with Crippen molar-refractivity contribution in [3.63, 3.8) is 0 Å². The fourth-order valence-electron chi connectivity index (χ4n) is 3.17. The van der Waals surface area contributed by atoms with Crippen LogP contribution in [0.15, 0.2) is 41.0 Å². The van der Waals surface area contributed by atoms with Gasteiger partial charge in [-0.3, -0.25) is 0 Å². The standard InChI is InChI=1S/C22H24BrNO4/c1-3-4-5-6-15-12-24-20-8-7-16(10-18(15)20)28-22-14(2)9-17(11-19(22)23)27-13-21(25)26/h7-12,24H,3-6,13H2,1-2H3,(H,25,26). The lowest BCUT2D eigenvalue weighted by molar-refractivity contribution is -0.139. The molecular weight excluding hydrogens is 422 g/mol. The Bertz CT molecular complexity index is 957. The third-order valence-electron chi connectivity index (χ3n) is 4.57. The van der Waals surface area contributed by atoms with E-state index in [0.717, 1.165) is 23.3 Å². The number of carboxylic acids is 1. The van der Waals surface area contributed by atoms with Crippen LogP contribution >= 0.6 is 15.9 Å². The maximum atomic E-state index is 10.7. The van der Waals surface area contributed by atoms with Gasteiger partial charge in [-0.25, -0.2) is 4.79 Å². The van der Waals surface area contributed by atoms with Crippen molar-refractivity contribution < 1.29 is 19.4 Å². The molecule has 0 aliphatic rings. The highest BCUT2D eigenvalue weighted by molar-refractivity contribution is 9.10. The van der Waals surface area contributed by atoms with E-state index in [1.165, 1.54) is 30.2 Å². The minimum Gasteiger partial charge on any atom is -0.482 e. The van der Waals surface area contributed by atoms with Crippen molar-refractivity contribution in [2.45, 2.75) is 39.5 Å². The number of carbonyl (C=O) groups is 1. The molecule has 1 heterocycles. The van der Waals surface area contributed by atoms with E-state index in [9.17, 15) is 4.79 Å². The Morgan fingerprint density at radius 3 is 2.71 bits per heavy atom. The van der Waals surface area contributed by atoms with Crippen molar-refractivity contribution in [3.8, 4) is 17.2 Å². The summed E-state index contributed by atoms with van der Waals surface area (Å²) >= 11 is 3.50. The second-order valence-electron chi connectivity index (χ2n) is 6.81. The van der Waals surface area contributed by atoms with Crippen molar-refractivity contribution in [1.29, 1.82) is 0 Å². The molecule has 0 saturated carbocycles. The number of hydrogen-bond acceptors (Lipinski definition) is 3. The van der Waals surface area contributed by atoms with Crippen LogP contribution in [0.4, 0.5) is 0 Å². The number of H-pyrrole nitrogens is 1. The summed E-state index contributed by atoms with van der Waals surface area (Å²) in [6, 6.07) is 9.52. The van der Waals surface area contributed by atoms with E-state index >= 15 is 0 Å². The molecule has 6 heteroatoms. The molecule has 0 saturated heterocycles. The predicted octanol–water partition coefficient (Wildman–Crippen LogP) is 6.23. The molecule has 3 rings (SSSR count). The highest BCUT2D eigenvalue weighted by atomic mass is 79.9. The van der Waals surface area contributed by atoms with Crippen LogP contribution in [0.5, 0.6) is 17.2 Å². The highest BCUT2D eigenvalue weighted by Crippen LogP contribution is 2.37. The number of unbranched alkanes of at least 4 members (excludes halogenated alkanes) is 2. The van der Waals surface area contributed by atoms with Gasteiger partial charge < -0.3 is 19.6 Å². The first-order valence-corrected chi connectivity index (χ1v) is 10.2. The number of benzene rings is 2. The number of rotatable bonds is 9. The first-order valence-electron chi connectivity index (χ1n) is 9.40. The smallest absolute Gasteiger partial charge is 0.341 e. The molecule has 0 atom stereocenters. The van der Waals surface area contributed by atoms with Crippen LogP contribution in [0.25, 0.3) is 10.9 Å². The van der Waals surface area contributed by atoms with Gasteiger partial charge in [0.25, 0.3) is 0 Å². The predicted molar refractivity (Wildman–Crippen MR) is 114 cm³/mol. The van der Waals surface area contributed by atoms with Gasteiger partial charge in [-0.15, -0.1) is 0 Å². The first kappa shape index (κ1) is 20.3. The fourth-order valence-corrected chi connectivity index (χ4v) is 3.79. The zero-order chi connectivity index (χ0) is 20.1. The van der Waals surface area contributed by atoms with Crippen LogP contribution in [-0.4, -0.2) is 22.7 Å². The number of aromatic nitrogens is 1. The summed E-state index contributed by atoms with van der Waals surface area (Å²) in [6.45, 7) is 3.73. The van der Waals surface area contributed by atoms with Crippen LogP contribution in [-0.2, 0) is 11.2 Å². The molecule has 0 bridgehead atoms. The van der Waals surface area contributed by atoms with Gasteiger partial charge in [0.05, 0.1) is 4.47 Å². The molecule has 1 aromatic heterocycles. The van der Waals surface area contributed by atoms with Gasteiger partial charge in [0.1, 0.15) is 17.2 Å². The molecule has 0 fully saturated rings. The lowest BCUT2D eigenvalue weighted by Crippen LogP contribution is -2.09. The minimum atomic E-state index is -1.01. The molecular formula is C22H24BrNO4. The van der Waals surface area contributed by atoms with Crippen LogP contribution in [0.2, 0.25) is 0 Å². The van der Waals surface area contributed by atoms with E-state index in [0.29, 0.717) is 16.0 Å². The largest absolute Gasteiger partial charge is 0.482 e. The van der Waals surface area contributed by atoms with Crippen molar-refractivity contribution in [2.24, 2.45) is 0 Å². The summed E-state index contributed by atoms with van der Waals surface area (Å²) in [6.07, 6.45) is 6.74. The summed E-state index contributed by atoms with van der Waals surface area (Å²) < 4.78 is 12.1. The minimum absolute atomic E-state index is 0.378. The number of carboxylic acid groups (broad SMARTS) is 1. The number of fused-ring (bicyclic) bond motifs is 1. The Labute approximate surface area is 172 Å². The number of aromatic amines is 1. The SMILES string of the molecule is CCCCCc1c[nH]c2ccc(Oc3c(C)cc(OCC(=O)O)cc3Br)cc12. The van der Waals surface area contributed by atoms with E-state index in [1.807, 2.05) is 19.1 Å². The maximum absolute atomic E-state index is 10.7. The van der Waals surface area contributed by atoms with Crippen molar-refractivity contribution >= 4 is 32.8 Å². The van der Waals surface area contributed by atoms with E-state index in [4.69, 9.17) is 14.6 Å². The van der Waals surface area contributed by atoms with Gasteiger partial charge in [-0.1, -0.05) is 19.8 Å². The molecule has 0 aliphatic heterocycles. The van der Waals surface area contributed by atoms with Gasteiger partial charge in [0.2, 0.25) is 0 Å². The average Bonchev–Trinajstić information content (AvgIpc) is 3.05. The summed E-state index contributed by atoms with van der Waals surface area (Å²) in [4.78, 5) is 14.0. The number of aryl methyl sites for hydroxylation is 2. The molecule has 0 spiro atoms. The Hall–Kier alpha value is -2.47. The molecule has 28 heavy (non-hydrogen) atoms. The number of hydrogen-bond donors (Lipinski definition) is 2. The molecule has 0 aliphatic carbocycles. The van der Waals surface area contributed by atoms with Crippen molar-refractivity contribution in [3.05, 3.63) is 52.1 Å². The van der Waals surface area contributed by atoms with Gasteiger partial charge in [-0.05, 0) is 77.2 Å². The molecule has 0 amide bonds. The van der Waals surface area contributed by atoms with Crippen LogP contribution < -0.4 is 9.47 Å². The molecule has 3 aromatic rings. The third-order valence-corrected chi connectivity index (χ3v) is 5.16. The lowest BCUT2D eigenvalue weighted by Gasteiger charge is -2.13. The second-order valence-corrected chi connectivity index (χ2v) is 7.67. The molecule has 2 aromatic carbocycles.